The monoisotopic (exact) mass is 478 g/mol. The van der Waals surface area contributed by atoms with Crippen molar-refractivity contribution < 1.29 is 14.7 Å². The van der Waals surface area contributed by atoms with E-state index in [0.29, 0.717) is 55.1 Å². The van der Waals surface area contributed by atoms with Gasteiger partial charge in [0.05, 0.1) is 10.7 Å². The third kappa shape index (κ3) is 4.40. The summed E-state index contributed by atoms with van der Waals surface area (Å²) in [6.45, 7) is 1.98. The molecule has 2 N–H and O–H groups in total. The quantitative estimate of drug-likeness (QED) is 0.589. The Balaban J connectivity index is 1.20. The minimum absolute atomic E-state index is 0.0666. The molecule has 0 saturated carbocycles. The van der Waals surface area contributed by atoms with Crippen LogP contribution < -0.4 is 15.1 Å². The van der Waals surface area contributed by atoms with Crippen LogP contribution in [-0.2, 0) is 9.59 Å². The molecule has 34 heavy (non-hydrogen) atoms. The number of carbonyl (C=O) groups excluding carboxylic acids is 2. The maximum Gasteiger partial charge on any atom is 0.249 e. The first-order valence-electron chi connectivity index (χ1n) is 11.7. The molecule has 5 rings (SSSR count). The summed E-state index contributed by atoms with van der Waals surface area (Å²) in [6.07, 6.45) is 2.80. The highest BCUT2D eigenvalue weighted by molar-refractivity contribution is 6.33. The van der Waals surface area contributed by atoms with E-state index in [1.54, 1.807) is 23.1 Å². The lowest BCUT2D eigenvalue weighted by atomic mass is 9.94. The second-order valence-electron chi connectivity index (χ2n) is 8.92. The Hall–Kier alpha value is -3.32. The molecule has 2 aromatic carbocycles. The van der Waals surface area contributed by atoms with E-state index in [-0.39, 0.29) is 23.5 Å². The van der Waals surface area contributed by atoms with Crippen LogP contribution in [-0.4, -0.2) is 47.6 Å². The second kappa shape index (κ2) is 9.50. The minimum atomic E-state index is -0.527. The Kier molecular flexibility index (Phi) is 6.28. The molecule has 1 unspecified atom stereocenters. The number of aromatic nitrogens is 1. The van der Waals surface area contributed by atoms with E-state index in [9.17, 15) is 14.7 Å². The average molecular weight is 479 g/mol. The standard InChI is InChI=1S/C26H27ClN4O3/c27-19-6-1-2-8-21(19)31-14-4-7-20(26(31)34)28-25(33)18-12-15-30(16-13-18)23-11-10-17-5-3-9-22(32)24(17)29-23/h1-3,5-6,8-11,18,20,32H,4,7,12-16H2,(H,28,33). The Bertz CT molecular complexity index is 1230. The molecule has 0 bridgehead atoms. The number of hydrogen-bond donors (Lipinski definition) is 2. The van der Waals surface area contributed by atoms with Crippen molar-refractivity contribution in [2.45, 2.75) is 31.7 Å². The molecule has 0 spiro atoms. The van der Waals surface area contributed by atoms with Gasteiger partial charge >= 0.3 is 0 Å². The van der Waals surface area contributed by atoms with E-state index in [2.05, 4.69) is 15.2 Å². The fourth-order valence-corrected chi connectivity index (χ4v) is 5.11. The summed E-state index contributed by atoms with van der Waals surface area (Å²) in [6, 6.07) is 16.0. The van der Waals surface area contributed by atoms with Gasteiger partial charge in [-0.05, 0) is 56.0 Å². The number of carbonyl (C=O) groups is 2. The van der Waals surface area contributed by atoms with E-state index in [4.69, 9.17) is 11.6 Å². The number of para-hydroxylation sites is 2. The van der Waals surface area contributed by atoms with E-state index in [0.717, 1.165) is 17.6 Å². The van der Waals surface area contributed by atoms with Crippen LogP contribution in [0.3, 0.4) is 0 Å². The van der Waals surface area contributed by atoms with Crippen molar-refractivity contribution in [1.29, 1.82) is 0 Å². The molecule has 3 heterocycles. The number of hydrogen-bond acceptors (Lipinski definition) is 5. The summed E-state index contributed by atoms with van der Waals surface area (Å²) in [5.41, 5.74) is 1.27. The van der Waals surface area contributed by atoms with Crippen LogP contribution in [0.5, 0.6) is 5.75 Å². The van der Waals surface area contributed by atoms with E-state index >= 15 is 0 Å². The molecule has 8 heteroatoms. The third-order valence-electron chi connectivity index (χ3n) is 6.77. The zero-order chi connectivity index (χ0) is 23.7. The molecule has 1 aromatic heterocycles. The largest absolute Gasteiger partial charge is 0.506 e. The van der Waals surface area contributed by atoms with Crippen molar-refractivity contribution in [1.82, 2.24) is 10.3 Å². The highest BCUT2D eigenvalue weighted by Gasteiger charge is 2.34. The maximum atomic E-state index is 13.1. The Morgan fingerprint density at radius 1 is 1.00 bits per heavy atom. The van der Waals surface area contributed by atoms with E-state index in [1.807, 2.05) is 36.4 Å². The molecule has 0 aliphatic carbocycles. The number of benzene rings is 2. The Morgan fingerprint density at radius 2 is 1.79 bits per heavy atom. The maximum absolute atomic E-state index is 13.1. The first-order chi connectivity index (χ1) is 16.5. The highest BCUT2D eigenvalue weighted by atomic mass is 35.5. The molecule has 2 aliphatic heterocycles. The molecular weight excluding hydrogens is 452 g/mol. The van der Waals surface area contributed by atoms with Gasteiger partial charge in [-0.1, -0.05) is 35.9 Å². The number of rotatable bonds is 4. The lowest BCUT2D eigenvalue weighted by Gasteiger charge is -2.35. The number of phenols is 1. The molecule has 176 valence electrons. The number of anilines is 2. The molecule has 2 aliphatic rings. The summed E-state index contributed by atoms with van der Waals surface area (Å²) in [5, 5.41) is 14.5. The number of phenolic OH excluding ortho intramolecular Hbond substituents is 1. The number of aromatic hydroxyl groups is 1. The van der Waals surface area contributed by atoms with Crippen molar-refractivity contribution >= 4 is 45.8 Å². The molecule has 1 atom stereocenters. The summed E-state index contributed by atoms with van der Waals surface area (Å²) in [7, 11) is 0. The first kappa shape index (κ1) is 22.5. The SMILES string of the molecule is O=C(NC1CCCN(c2ccccc2Cl)C1=O)C1CCN(c2ccc3cccc(O)c3n2)CC1. The Labute approximate surface area is 203 Å². The van der Waals surface area contributed by atoms with Gasteiger partial charge in [0.1, 0.15) is 23.1 Å². The van der Waals surface area contributed by atoms with Crippen LogP contribution in [0.1, 0.15) is 25.7 Å². The van der Waals surface area contributed by atoms with Crippen molar-refractivity contribution in [3.63, 3.8) is 0 Å². The molecular formula is C26H27ClN4O3. The normalized spacial score (nSPS) is 19.4. The van der Waals surface area contributed by atoms with Crippen LogP contribution >= 0.6 is 11.6 Å². The molecule has 2 fully saturated rings. The van der Waals surface area contributed by atoms with Crippen LogP contribution in [0.25, 0.3) is 10.9 Å². The van der Waals surface area contributed by atoms with Gasteiger partial charge < -0.3 is 20.2 Å². The van der Waals surface area contributed by atoms with Crippen LogP contribution in [0.2, 0.25) is 5.02 Å². The topological polar surface area (TPSA) is 85.8 Å². The molecule has 7 nitrogen and oxygen atoms in total. The number of piperidine rings is 2. The number of nitrogens with one attached hydrogen (secondary N) is 1. The summed E-state index contributed by atoms with van der Waals surface area (Å²) in [5.74, 6) is 0.643. The van der Waals surface area contributed by atoms with Gasteiger partial charge in [-0.15, -0.1) is 0 Å². The van der Waals surface area contributed by atoms with Crippen molar-refractivity contribution in [2.24, 2.45) is 5.92 Å². The first-order valence-corrected chi connectivity index (χ1v) is 12.1. The molecule has 2 saturated heterocycles. The second-order valence-corrected chi connectivity index (χ2v) is 9.33. The summed E-state index contributed by atoms with van der Waals surface area (Å²) < 4.78 is 0. The summed E-state index contributed by atoms with van der Waals surface area (Å²) >= 11 is 6.30. The third-order valence-corrected chi connectivity index (χ3v) is 7.09. The van der Waals surface area contributed by atoms with Crippen LogP contribution in [0.15, 0.2) is 54.6 Å². The van der Waals surface area contributed by atoms with Gasteiger partial charge in [0.25, 0.3) is 0 Å². The smallest absolute Gasteiger partial charge is 0.249 e. The lowest BCUT2D eigenvalue weighted by Crippen LogP contribution is -2.54. The fraction of sp³-hybridized carbons (Fsp3) is 0.346. The van der Waals surface area contributed by atoms with Gasteiger partial charge in [0.2, 0.25) is 11.8 Å². The van der Waals surface area contributed by atoms with Crippen molar-refractivity contribution in [2.75, 3.05) is 29.4 Å². The van der Waals surface area contributed by atoms with E-state index < -0.39 is 6.04 Å². The predicted molar refractivity (Wildman–Crippen MR) is 133 cm³/mol. The number of halogens is 1. The number of pyridine rings is 1. The van der Waals surface area contributed by atoms with Crippen LogP contribution in [0.4, 0.5) is 11.5 Å². The van der Waals surface area contributed by atoms with E-state index in [1.165, 1.54) is 0 Å². The molecule has 0 radical (unpaired) electrons. The lowest BCUT2D eigenvalue weighted by molar-refractivity contribution is -0.131. The number of nitrogens with zero attached hydrogens (tertiary/aromatic N) is 3. The van der Waals surface area contributed by atoms with Crippen molar-refractivity contribution in [3.05, 3.63) is 59.6 Å². The van der Waals surface area contributed by atoms with Crippen LogP contribution in [0, 0.1) is 5.92 Å². The average Bonchev–Trinajstić information content (AvgIpc) is 2.86. The predicted octanol–water partition coefficient (Wildman–Crippen LogP) is 4.12. The highest BCUT2D eigenvalue weighted by Crippen LogP contribution is 2.30. The number of amides is 2. The Morgan fingerprint density at radius 3 is 2.59 bits per heavy atom. The van der Waals surface area contributed by atoms with Gasteiger partial charge in [-0.3, -0.25) is 9.59 Å². The van der Waals surface area contributed by atoms with Gasteiger partial charge in [0, 0.05) is 30.9 Å². The number of fused-ring (bicyclic) bond motifs is 1. The molecule has 2 amide bonds. The van der Waals surface area contributed by atoms with Gasteiger partial charge in [-0.2, -0.15) is 0 Å². The van der Waals surface area contributed by atoms with Gasteiger partial charge in [0.15, 0.2) is 0 Å². The summed E-state index contributed by atoms with van der Waals surface area (Å²) in [4.78, 5) is 34.5. The molecule has 3 aromatic rings. The zero-order valence-corrected chi connectivity index (χ0v) is 19.5. The van der Waals surface area contributed by atoms with Crippen molar-refractivity contribution in [3.8, 4) is 5.75 Å². The minimum Gasteiger partial charge on any atom is -0.506 e. The fourth-order valence-electron chi connectivity index (χ4n) is 4.88. The van der Waals surface area contributed by atoms with Gasteiger partial charge in [-0.25, -0.2) is 4.98 Å². The zero-order valence-electron chi connectivity index (χ0n) is 18.8.